The van der Waals surface area contributed by atoms with Crippen LogP contribution in [0.5, 0.6) is 0 Å². The lowest BCUT2D eigenvalue weighted by molar-refractivity contribution is -0.126. The first kappa shape index (κ1) is 11.5. The maximum absolute atomic E-state index is 11.4. The van der Waals surface area contributed by atoms with Crippen LogP contribution in [-0.2, 0) is 11.3 Å². The minimum Gasteiger partial charge on any atom is -0.335 e. The van der Waals surface area contributed by atoms with Crippen molar-refractivity contribution in [3.05, 3.63) is 48.0 Å². The maximum Gasteiger partial charge on any atom is 0.246 e. The minimum absolute atomic E-state index is 0.0148. The molecule has 0 heterocycles. The zero-order chi connectivity index (χ0) is 11.3. The van der Waals surface area contributed by atoms with Crippen molar-refractivity contribution in [2.75, 3.05) is 6.54 Å². The van der Waals surface area contributed by atoms with E-state index >= 15 is 0 Å². The first-order valence-corrected chi connectivity index (χ1v) is 5.14. The smallest absolute Gasteiger partial charge is 0.246 e. The number of benzene rings is 1. The molecule has 15 heavy (non-hydrogen) atoms. The number of carbonyl (C=O) groups excluding carboxylic acids is 1. The van der Waals surface area contributed by atoms with Crippen LogP contribution >= 0.6 is 0 Å². The van der Waals surface area contributed by atoms with Gasteiger partial charge in [0.1, 0.15) is 0 Å². The summed E-state index contributed by atoms with van der Waals surface area (Å²) in [5, 5.41) is 0. The summed E-state index contributed by atoms with van der Waals surface area (Å²) < 4.78 is 0. The number of carbonyl (C=O) groups is 1. The van der Waals surface area contributed by atoms with Gasteiger partial charge >= 0.3 is 0 Å². The van der Waals surface area contributed by atoms with Crippen molar-refractivity contribution in [1.82, 2.24) is 4.90 Å². The summed E-state index contributed by atoms with van der Waals surface area (Å²) in [5.74, 6) is -0.0148. The van der Waals surface area contributed by atoms with Gasteiger partial charge in [-0.3, -0.25) is 4.79 Å². The molecule has 1 aromatic rings. The number of nitrogens with zero attached hydrogens (tertiary/aromatic N) is 1. The number of amides is 1. The molecule has 1 aromatic carbocycles. The number of rotatable bonds is 4. The average Bonchev–Trinajstić information content (AvgIpc) is 2.25. The van der Waals surface area contributed by atoms with E-state index in [9.17, 15) is 4.79 Å². The number of aryl methyl sites for hydroxylation is 1. The van der Waals surface area contributed by atoms with Crippen LogP contribution in [0.3, 0.4) is 0 Å². The third kappa shape index (κ3) is 3.24. The fourth-order valence-corrected chi connectivity index (χ4v) is 1.51. The Labute approximate surface area is 91.2 Å². The lowest BCUT2D eigenvalue weighted by atomic mass is 10.1. The highest BCUT2D eigenvalue weighted by molar-refractivity contribution is 5.86. The molecular weight excluding hydrogens is 186 g/mol. The van der Waals surface area contributed by atoms with Crippen molar-refractivity contribution >= 4 is 5.91 Å². The Morgan fingerprint density at radius 3 is 2.80 bits per heavy atom. The van der Waals surface area contributed by atoms with E-state index in [0.29, 0.717) is 13.1 Å². The molecule has 0 N–H and O–H groups in total. The van der Waals surface area contributed by atoms with Crippen LogP contribution in [0, 0.1) is 6.92 Å². The van der Waals surface area contributed by atoms with Crippen molar-refractivity contribution in [2.45, 2.75) is 20.4 Å². The molecule has 0 spiro atoms. The van der Waals surface area contributed by atoms with Crippen molar-refractivity contribution in [3.8, 4) is 0 Å². The standard InChI is InChI=1S/C13H17NO/c1-4-13(15)14(5-2)10-12-8-6-7-11(3)9-12/h4,6-9H,1,5,10H2,2-3H3. The van der Waals surface area contributed by atoms with Gasteiger partial charge in [-0.2, -0.15) is 0 Å². The lowest BCUT2D eigenvalue weighted by Gasteiger charge is -2.19. The van der Waals surface area contributed by atoms with Crippen molar-refractivity contribution in [3.63, 3.8) is 0 Å². The average molecular weight is 203 g/mol. The summed E-state index contributed by atoms with van der Waals surface area (Å²) in [6.45, 7) is 8.88. The summed E-state index contributed by atoms with van der Waals surface area (Å²) in [5.41, 5.74) is 2.38. The normalized spacial score (nSPS) is 9.73. The molecule has 0 bridgehead atoms. The number of hydrogen-bond donors (Lipinski definition) is 0. The van der Waals surface area contributed by atoms with Crippen LogP contribution in [0.2, 0.25) is 0 Å². The number of hydrogen-bond acceptors (Lipinski definition) is 1. The van der Waals surface area contributed by atoms with Crippen LogP contribution in [0.4, 0.5) is 0 Å². The van der Waals surface area contributed by atoms with Crippen LogP contribution < -0.4 is 0 Å². The first-order valence-electron chi connectivity index (χ1n) is 5.14. The molecule has 0 aromatic heterocycles. The van der Waals surface area contributed by atoms with Crippen molar-refractivity contribution in [2.24, 2.45) is 0 Å². The van der Waals surface area contributed by atoms with Gasteiger partial charge in [0.05, 0.1) is 0 Å². The Morgan fingerprint density at radius 1 is 1.53 bits per heavy atom. The molecule has 0 aliphatic carbocycles. The molecule has 0 saturated carbocycles. The van der Waals surface area contributed by atoms with Gasteiger partial charge in [0.15, 0.2) is 0 Å². The van der Waals surface area contributed by atoms with Gasteiger partial charge in [-0.1, -0.05) is 36.4 Å². The topological polar surface area (TPSA) is 20.3 Å². The lowest BCUT2D eigenvalue weighted by Crippen LogP contribution is -2.28. The van der Waals surface area contributed by atoms with E-state index in [1.165, 1.54) is 11.6 Å². The second-order valence-electron chi connectivity index (χ2n) is 3.55. The van der Waals surface area contributed by atoms with E-state index in [4.69, 9.17) is 0 Å². The summed E-state index contributed by atoms with van der Waals surface area (Å²) >= 11 is 0. The Balaban J connectivity index is 2.75. The van der Waals surface area contributed by atoms with Crippen molar-refractivity contribution < 1.29 is 4.79 Å². The molecule has 2 nitrogen and oxygen atoms in total. The minimum atomic E-state index is -0.0148. The van der Waals surface area contributed by atoms with E-state index in [-0.39, 0.29) is 5.91 Å². The van der Waals surface area contributed by atoms with E-state index in [1.807, 2.05) is 19.1 Å². The summed E-state index contributed by atoms with van der Waals surface area (Å²) in [4.78, 5) is 13.2. The van der Waals surface area contributed by atoms with Gasteiger partial charge in [-0.25, -0.2) is 0 Å². The Kier molecular flexibility index (Phi) is 4.10. The molecule has 0 saturated heterocycles. The molecule has 0 radical (unpaired) electrons. The Morgan fingerprint density at radius 2 is 2.27 bits per heavy atom. The van der Waals surface area contributed by atoms with Gasteiger partial charge in [0.25, 0.3) is 0 Å². The third-order valence-electron chi connectivity index (χ3n) is 2.32. The van der Waals surface area contributed by atoms with E-state index in [0.717, 1.165) is 5.56 Å². The first-order chi connectivity index (χ1) is 7.17. The molecule has 0 aliphatic rings. The van der Waals surface area contributed by atoms with Gasteiger partial charge in [-0.05, 0) is 25.5 Å². The molecule has 80 valence electrons. The fraction of sp³-hybridized carbons (Fsp3) is 0.308. The predicted molar refractivity (Wildman–Crippen MR) is 62.5 cm³/mol. The van der Waals surface area contributed by atoms with Gasteiger partial charge < -0.3 is 4.90 Å². The second-order valence-corrected chi connectivity index (χ2v) is 3.55. The van der Waals surface area contributed by atoms with Gasteiger partial charge in [-0.15, -0.1) is 0 Å². The molecule has 0 unspecified atom stereocenters. The molecule has 2 heteroatoms. The fourth-order valence-electron chi connectivity index (χ4n) is 1.51. The van der Waals surface area contributed by atoms with Crippen molar-refractivity contribution in [1.29, 1.82) is 0 Å². The monoisotopic (exact) mass is 203 g/mol. The molecule has 1 rings (SSSR count). The highest BCUT2D eigenvalue weighted by atomic mass is 16.2. The highest BCUT2D eigenvalue weighted by Crippen LogP contribution is 2.07. The summed E-state index contributed by atoms with van der Waals surface area (Å²) in [6, 6.07) is 8.19. The van der Waals surface area contributed by atoms with E-state index < -0.39 is 0 Å². The predicted octanol–water partition coefficient (Wildman–Crippen LogP) is 2.53. The summed E-state index contributed by atoms with van der Waals surface area (Å²) in [7, 11) is 0. The van der Waals surface area contributed by atoms with Gasteiger partial charge in [0, 0.05) is 13.1 Å². The number of likely N-dealkylation sites (N-methyl/N-ethyl adjacent to an activating group) is 1. The van der Waals surface area contributed by atoms with Crippen LogP contribution in [0.25, 0.3) is 0 Å². The third-order valence-corrected chi connectivity index (χ3v) is 2.32. The Bertz CT molecular complexity index is 357. The van der Waals surface area contributed by atoms with Crippen LogP contribution in [-0.4, -0.2) is 17.4 Å². The molecule has 0 fully saturated rings. The zero-order valence-electron chi connectivity index (χ0n) is 9.36. The van der Waals surface area contributed by atoms with Crippen LogP contribution in [0.1, 0.15) is 18.1 Å². The maximum atomic E-state index is 11.4. The van der Waals surface area contributed by atoms with Gasteiger partial charge in [0.2, 0.25) is 5.91 Å². The highest BCUT2D eigenvalue weighted by Gasteiger charge is 2.07. The molecule has 1 amide bonds. The SMILES string of the molecule is C=CC(=O)N(CC)Cc1cccc(C)c1. The summed E-state index contributed by atoms with van der Waals surface area (Å²) in [6.07, 6.45) is 1.36. The van der Waals surface area contributed by atoms with E-state index in [1.54, 1.807) is 4.90 Å². The van der Waals surface area contributed by atoms with E-state index in [2.05, 4.69) is 25.6 Å². The zero-order valence-corrected chi connectivity index (χ0v) is 9.36. The Hall–Kier alpha value is -1.57. The molecule has 0 atom stereocenters. The van der Waals surface area contributed by atoms with Crippen LogP contribution in [0.15, 0.2) is 36.9 Å². The second kappa shape index (κ2) is 5.35. The quantitative estimate of drug-likeness (QED) is 0.689. The molecular formula is C13H17NO. The largest absolute Gasteiger partial charge is 0.335 e. The molecule has 0 aliphatic heterocycles.